The summed E-state index contributed by atoms with van der Waals surface area (Å²) in [6.07, 6.45) is 1.61. The molecule has 3 rings (SSSR count). The molecule has 0 spiro atoms. The van der Waals surface area contributed by atoms with E-state index in [9.17, 15) is 9.90 Å². The maximum Gasteiger partial charge on any atom is 0.250 e. The van der Waals surface area contributed by atoms with Gasteiger partial charge in [0.15, 0.2) is 8.68 Å². The zero-order chi connectivity index (χ0) is 26.5. The third-order valence-corrected chi connectivity index (χ3v) is 8.65. The summed E-state index contributed by atoms with van der Waals surface area (Å²) in [5.41, 5.74) is 5.78. The maximum absolute atomic E-state index is 12.3. The predicted molar refractivity (Wildman–Crippen MR) is 153 cm³/mol. The molecule has 0 unspecified atom stereocenters. The zero-order valence-electron chi connectivity index (χ0n) is 21.3. The lowest BCUT2D eigenvalue weighted by molar-refractivity contribution is -0.118. The Hall–Kier alpha value is -2.07. The summed E-state index contributed by atoms with van der Waals surface area (Å²) in [5.74, 6) is 1.05. The normalized spacial score (nSPS) is 12.3. The molecule has 0 saturated carbocycles. The molecule has 0 aliphatic heterocycles. The molecule has 36 heavy (non-hydrogen) atoms. The molecule has 192 valence electrons. The Morgan fingerprint density at radius 2 is 1.58 bits per heavy atom. The van der Waals surface area contributed by atoms with Crippen molar-refractivity contribution < 1.29 is 9.90 Å². The Balaban J connectivity index is 1.55. The van der Waals surface area contributed by atoms with Crippen molar-refractivity contribution in [3.63, 3.8) is 0 Å². The van der Waals surface area contributed by atoms with Gasteiger partial charge in [-0.05, 0) is 46.2 Å². The Morgan fingerprint density at radius 1 is 1.03 bits per heavy atom. The van der Waals surface area contributed by atoms with E-state index in [4.69, 9.17) is 11.6 Å². The third kappa shape index (κ3) is 8.23. The SMILES string of the molecule is CC(C)(C)c1cc(/C=N/NC(=O)CSc2nnc(SCc3ccc(Cl)cc3)s2)cc(C(C)(C)C)c1O. The Bertz CT molecular complexity index is 1190. The first-order valence-corrected chi connectivity index (χ1v) is 14.5. The number of phenols is 1. The first kappa shape index (κ1) is 28.5. The minimum Gasteiger partial charge on any atom is -0.507 e. The number of aromatic nitrogens is 2. The molecule has 10 heteroatoms. The van der Waals surface area contributed by atoms with Crippen molar-refractivity contribution in [2.75, 3.05) is 5.75 Å². The molecule has 6 nitrogen and oxygen atoms in total. The third-order valence-electron chi connectivity index (χ3n) is 5.14. The number of phenolic OH excluding ortho intramolecular Hbond substituents is 1. The van der Waals surface area contributed by atoms with Gasteiger partial charge in [0.2, 0.25) is 0 Å². The van der Waals surface area contributed by atoms with Gasteiger partial charge >= 0.3 is 0 Å². The minimum absolute atomic E-state index is 0.184. The van der Waals surface area contributed by atoms with Crippen molar-refractivity contribution in [3.05, 3.63) is 63.7 Å². The molecule has 1 aromatic heterocycles. The number of hydrogen-bond donors (Lipinski definition) is 2. The number of carbonyl (C=O) groups is 1. The highest BCUT2D eigenvalue weighted by Crippen LogP contribution is 2.39. The van der Waals surface area contributed by atoms with Crippen molar-refractivity contribution in [2.24, 2.45) is 5.10 Å². The second-order valence-corrected chi connectivity index (χ2v) is 14.2. The van der Waals surface area contributed by atoms with Gasteiger partial charge in [-0.1, -0.05) is 100 Å². The largest absolute Gasteiger partial charge is 0.507 e. The van der Waals surface area contributed by atoms with Crippen LogP contribution in [0.5, 0.6) is 5.75 Å². The number of carbonyl (C=O) groups excluding carboxylic acids is 1. The summed E-state index contributed by atoms with van der Waals surface area (Å²) in [6.45, 7) is 12.4. The molecular formula is C26H31ClN4O2S3. The number of nitrogens with zero attached hydrogens (tertiary/aromatic N) is 3. The fourth-order valence-electron chi connectivity index (χ4n) is 3.25. The summed E-state index contributed by atoms with van der Waals surface area (Å²) < 4.78 is 1.58. The molecule has 0 aliphatic carbocycles. The number of nitrogens with one attached hydrogen (secondary N) is 1. The molecule has 1 heterocycles. The van der Waals surface area contributed by atoms with Gasteiger partial charge in [-0.3, -0.25) is 4.79 Å². The van der Waals surface area contributed by atoms with Crippen LogP contribution < -0.4 is 5.43 Å². The topological polar surface area (TPSA) is 87.5 Å². The highest BCUT2D eigenvalue weighted by atomic mass is 35.5. The summed E-state index contributed by atoms with van der Waals surface area (Å²) in [7, 11) is 0. The van der Waals surface area contributed by atoms with Crippen LogP contribution in [0, 0.1) is 0 Å². The zero-order valence-corrected chi connectivity index (χ0v) is 24.5. The smallest absolute Gasteiger partial charge is 0.250 e. The highest BCUT2D eigenvalue weighted by molar-refractivity contribution is 8.03. The summed E-state index contributed by atoms with van der Waals surface area (Å²) >= 11 is 10.3. The molecule has 1 amide bonds. The van der Waals surface area contributed by atoms with E-state index >= 15 is 0 Å². The second-order valence-electron chi connectivity index (χ2n) is 10.3. The molecule has 2 aromatic carbocycles. The molecule has 2 N–H and O–H groups in total. The first-order chi connectivity index (χ1) is 16.8. The molecule has 0 radical (unpaired) electrons. The van der Waals surface area contributed by atoms with Crippen LogP contribution in [0.15, 0.2) is 50.2 Å². The number of halogens is 1. The number of hydrogen-bond acceptors (Lipinski definition) is 8. The first-order valence-electron chi connectivity index (χ1n) is 11.4. The van der Waals surface area contributed by atoms with Gasteiger partial charge in [-0.15, -0.1) is 10.2 Å². The standard InChI is InChI=1S/C26H31ClN4O2S3/c1-25(2,3)19-11-17(12-20(22(19)33)26(4,5)6)13-28-29-21(32)15-35-24-31-30-23(36-24)34-14-16-7-9-18(27)10-8-16/h7-13,33H,14-15H2,1-6H3,(H,29,32)/b28-13+. The van der Waals surface area contributed by atoms with Gasteiger partial charge in [0, 0.05) is 21.9 Å². The van der Waals surface area contributed by atoms with Crippen molar-refractivity contribution in [3.8, 4) is 5.75 Å². The Morgan fingerprint density at radius 3 is 2.14 bits per heavy atom. The molecule has 0 fully saturated rings. The van der Waals surface area contributed by atoms with Crippen molar-refractivity contribution in [1.29, 1.82) is 0 Å². The van der Waals surface area contributed by atoms with E-state index in [0.717, 1.165) is 36.7 Å². The Kier molecular flexibility index (Phi) is 9.49. The number of aromatic hydroxyl groups is 1. The molecule has 0 atom stereocenters. The summed E-state index contributed by atoms with van der Waals surface area (Å²) in [6, 6.07) is 11.5. The monoisotopic (exact) mass is 562 g/mol. The predicted octanol–water partition coefficient (Wildman–Crippen LogP) is 7.03. The van der Waals surface area contributed by atoms with Crippen LogP contribution in [-0.2, 0) is 21.4 Å². The van der Waals surface area contributed by atoms with Gasteiger partial charge < -0.3 is 5.11 Å². The van der Waals surface area contributed by atoms with Crippen molar-refractivity contribution in [1.82, 2.24) is 15.6 Å². The Labute approximate surface area is 230 Å². The summed E-state index contributed by atoms with van der Waals surface area (Å²) in [4.78, 5) is 12.3. The fourth-order valence-corrected chi connectivity index (χ4v) is 6.15. The maximum atomic E-state index is 12.3. The van der Waals surface area contributed by atoms with E-state index in [1.807, 2.05) is 36.4 Å². The average molecular weight is 563 g/mol. The lowest BCUT2D eigenvalue weighted by atomic mass is 9.78. The lowest BCUT2D eigenvalue weighted by Crippen LogP contribution is -2.20. The second kappa shape index (κ2) is 12.0. The molecular weight excluding hydrogens is 532 g/mol. The van der Waals surface area contributed by atoms with Gasteiger partial charge in [-0.25, -0.2) is 5.43 Å². The van der Waals surface area contributed by atoms with E-state index in [0.29, 0.717) is 10.8 Å². The summed E-state index contributed by atoms with van der Waals surface area (Å²) in [5, 5.41) is 24.1. The van der Waals surface area contributed by atoms with Crippen LogP contribution in [-0.4, -0.2) is 33.2 Å². The van der Waals surface area contributed by atoms with Gasteiger partial charge in [0.25, 0.3) is 5.91 Å². The fraction of sp³-hybridized carbons (Fsp3) is 0.385. The van der Waals surface area contributed by atoms with Crippen molar-refractivity contribution >= 4 is 58.6 Å². The van der Waals surface area contributed by atoms with Gasteiger partial charge in [-0.2, -0.15) is 5.10 Å². The van der Waals surface area contributed by atoms with Crippen LogP contribution >= 0.6 is 46.5 Å². The molecule has 3 aromatic rings. The van der Waals surface area contributed by atoms with E-state index in [1.165, 1.54) is 23.1 Å². The van der Waals surface area contributed by atoms with Crippen molar-refractivity contribution in [2.45, 2.75) is 66.8 Å². The molecule has 0 saturated heterocycles. The van der Waals surface area contributed by atoms with Crippen LogP contribution in [0.2, 0.25) is 5.02 Å². The average Bonchev–Trinajstić information content (AvgIpc) is 3.24. The number of rotatable bonds is 8. The van der Waals surface area contributed by atoms with E-state index in [1.54, 1.807) is 18.0 Å². The van der Waals surface area contributed by atoms with Crippen LogP contribution in [0.4, 0.5) is 0 Å². The molecule has 0 aliphatic rings. The number of thioether (sulfide) groups is 2. The van der Waals surface area contributed by atoms with Gasteiger partial charge in [0.05, 0.1) is 12.0 Å². The van der Waals surface area contributed by atoms with Crippen LogP contribution in [0.1, 0.15) is 63.8 Å². The van der Waals surface area contributed by atoms with E-state index in [-0.39, 0.29) is 22.5 Å². The molecule has 0 bridgehead atoms. The van der Waals surface area contributed by atoms with E-state index in [2.05, 4.69) is 62.3 Å². The number of benzene rings is 2. The number of hydrazone groups is 1. The lowest BCUT2D eigenvalue weighted by Gasteiger charge is -2.27. The van der Waals surface area contributed by atoms with Gasteiger partial charge in [0.1, 0.15) is 5.75 Å². The quantitative estimate of drug-likeness (QED) is 0.174. The number of amides is 1. The highest BCUT2D eigenvalue weighted by Gasteiger charge is 2.26. The van der Waals surface area contributed by atoms with Crippen LogP contribution in [0.25, 0.3) is 0 Å². The minimum atomic E-state index is -0.235. The van der Waals surface area contributed by atoms with E-state index < -0.39 is 0 Å². The van der Waals surface area contributed by atoms with Crippen LogP contribution in [0.3, 0.4) is 0 Å².